The number of aromatic amines is 2. The Balaban J connectivity index is 2.27. The lowest BCUT2D eigenvalue weighted by Gasteiger charge is -1.99. The normalized spacial score (nSPS) is 10.3. The first-order valence-corrected chi connectivity index (χ1v) is 6.34. The summed E-state index contributed by atoms with van der Waals surface area (Å²) in [5.41, 5.74) is -0.965. The first-order chi connectivity index (χ1) is 8.56. The highest BCUT2D eigenvalue weighted by molar-refractivity contribution is 9.10. The van der Waals surface area contributed by atoms with Crippen molar-refractivity contribution < 1.29 is 4.79 Å². The predicted octanol–water partition coefficient (Wildman–Crippen LogP) is 1.15. The highest BCUT2D eigenvalue weighted by atomic mass is 79.9. The van der Waals surface area contributed by atoms with Crippen molar-refractivity contribution >= 4 is 32.8 Å². The van der Waals surface area contributed by atoms with Gasteiger partial charge in [0.15, 0.2) is 5.03 Å². The number of hydrogen-bond donors (Lipinski definition) is 2. The van der Waals surface area contributed by atoms with Crippen LogP contribution in [-0.2, 0) is 0 Å². The standard InChI is InChI=1S/C10H6BrN3O3S/c11-6-3-1-2-5(4-6)9(16)18-8-7(15)12-10(17)14-13-8/h1-4H,(H2,12,14,15,17). The van der Waals surface area contributed by atoms with Gasteiger partial charge in [-0.05, 0) is 23.9 Å². The van der Waals surface area contributed by atoms with E-state index in [0.29, 0.717) is 17.3 Å². The van der Waals surface area contributed by atoms with Crippen LogP contribution in [0.15, 0.2) is 43.4 Å². The molecule has 8 heteroatoms. The van der Waals surface area contributed by atoms with Gasteiger partial charge in [0, 0.05) is 10.0 Å². The first-order valence-electron chi connectivity index (χ1n) is 4.73. The van der Waals surface area contributed by atoms with Crippen LogP contribution in [0, 0.1) is 0 Å². The summed E-state index contributed by atoms with van der Waals surface area (Å²) < 4.78 is 0.761. The fraction of sp³-hybridized carbons (Fsp3) is 0. The Bertz CT molecular complexity index is 710. The van der Waals surface area contributed by atoms with Gasteiger partial charge in [-0.2, -0.15) is 5.10 Å². The van der Waals surface area contributed by atoms with Gasteiger partial charge in [-0.15, -0.1) is 0 Å². The Labute approximate surface area is 113 Å². The van der Waals surface area contributed by atoms with Crippen LogP contribution in [0.1, 0.15) is 10.4 Å². The maximum Gasteiger partial charge on any atom is 0.342 e. The van der Waals surface area contributed by atoms with Crippen molar-refractivity contribution in [1.29, 1.82) is 0 Å². The number of hydrogen-bond acceptors (Lipinski definition) is 5. The lowest BCUT2D eigenvalue weighted by atomic mass is 10.2. The van der Waals surface area contributed by atoms with Crippen molar-refractivity contribution in [2.75, 3.05) is 0 Å². The molecule has 0 unspecified atom stereocenters. The van der Waals surface area contributed by atoms with E-state index in [1.807, 2.05) is 4.98 Å². The van der Waals surface area contributed by atoms with E-state index in [9.17, 15) is 14.4 Å². The summed E-state index contributed by atoms with van der Waals surface area (Å²) in [6.45, 7) is 0. The van der Waals surface area contributed by atoms with Crippen LogP contribution < -0.4 is 11.2 Å². The Kier molecular flexibility index (Phi) is 3.78. The van der Waals surface area contributed by atoms with E-state index in [1.54, 1.807) is 24.3 Å². The van der Waals surface area contributed by atoms with Crippen molar-refractivity contribution in [3.63, 3.8) is 0 Å². The van der Waals surface area contributed by atoms with Gasteiger partial charge >= 0.3 is 5.69 Å². The van der Waals surface area contributed by atoms with Gasteiger partial charge in [0.05, 0.1) is 0 Å². The first kappa shape index (κ1) is 12.8. The minimum atomic E-state index is -0.709. The fourth-order valence-corrected chi connectivity index (χ4v) is 2.22. The number of carbonyl (C=O) groups excluding carboxylic acids is 1. The molecule has 2 aromatic rings. The van der Waals surface area contributed by atoms with E-state index in [4.69, 9.17) is 0 Å². The van der Waals surface area contributed by atoms with E-state index >= 15 is 0 Å². The molecule has 1 aromatic heterocycles. The molecule has 0 amide bonds. The minimum absolute atomic E-state index is 0.0976. The summed E-state index contributed by atoms with van der Waals surface area (Å²) in [6, 6.07) is 6.75. The van der Waals surface area contributed by atoms with E-state index in [0.717, 1.165) is 4.47 Å². The van der Waals surface area contributed by atoms with Gasteiger partial charge < -0.3 is 0 Å². The van der Waals surface area contributed by atoms with Crippen LogP contribution in [0.4, 0.5) is 0 Å². The minimum Gasteiger partial charge on any atom is -0.281 e. The van der Waals surface area contributed by atoms with Gasteiger partial charge in [0.25, 0.3) is 5.56 Å². The quantitative estimate of drug-likeness (QED) is 0.807. The molecule has 0 aliphatic carbocycles. The highest BCUT2D eigenvalue weighted by Gasteiger charge is 2.12. The Morgan fingerprint density at radius 1 is 1.33 bits per heavy atom. The smallest absolute Gasteiger partial charge is 0.281 e. The van der Waals surface area contributed by atoms with E-state index in [-0.39, 0.29) is 10.1 Å². The number of benzene rings is 1. The van der Waals surface area contributed by atoms with E-state index in [1.165, 1.54) is 0 Å². The number of aromatic nitrogens is 3. The number of H-pyrrole nitrogens is 2. The predicted molar refractivity (Wildman–Crippen MR) is 69.8 cm³/mol. The van der Waals surface area contributed by atoms with Crippen molar-refractivity contribution in [3.05, 3.63) is 55.1 Å². The molecule has 0 aliphatic heterocycles. The second kappa shape index (κ2) is 5.32. The summed E-state index contributed by atoms with van der Waals surface area (Å²) in [5.74, 6) is 0. The molecule has 6 nitrogen and oxygen atoms in total. The second-order valence-corrected chi connectivity index (χ2v) is 5.09. The van der Waals surface area contributed by atoms with E-state index in [2.05, 4.69) is 26.1 Å². The van der Waals surface area contributed by atoms with Gasteiger partial charge in [0.2, 0.25) is 5.12 Å². The van der Waals surface area contributed by atoms with Crippen LogP contribution in [0.3, 0.4) is 0 Å². The molecule has 92 valence electrons. The molecule has 0 bridgehead atoms. The second-order valence-electron chi connectivity index (χ2n) is 3.21. The molecular formula is C10H6BrN3O3S. The van der Waals surface area contributed by atoms with Crippen LogP contribution in [-0.4, -0.2) is 20.3 Å². The fourth-order valence-electron chi connectivity index (χ4n) is 1.17. The van der Waals surface area contributed by atoms with Crippen molar-refractivity contribution in [2.24, 2.45) is 0 Å². The third kappa shape index (κ3) is 2.96. The summed E-state index contributed by atoms with van der Waals surface area (Å²) in [5, 5.41) is 5.15. The molecule has 0 aliphatic rings. The SMILES string of the molecule is O=C(Sc1n[nH]c(=O)[nH]c1=O)c1cccc(Br)c1. The number of nitrogens with zero attached hydrogens (tertiary/aromatic N) is 1. The molecule has 0 saturated heterocycles. The highest BCUT2D eigenvalue weighted by Crippen LogP contribution is 2.19. The van der Waals surface area contributed by atoms with Crippen LogP contribution in [0.5, 0.6) is 0 Å². The van der Waals surface area contributed by atoms with E-state index < -0.39 is 11.2 Å². The third-order valence-electron chi connectivity index (χ3n) is 1.93. The van der Waals surface area contributed by atoms with Crippen LogP contribution in [0.25, 0.3) is 0 Å². The Morgan fingerprint density at radius 3 is 2.78 bits per heavy atom. The third-order valence-corrected chi connectivity index (χ3v) is 3.31. The van der Waals surface area contributed by atoms with Crippen LogP contribution >= 0.6 is 27.7 Å². The molecule has 0 atom stereocenters. The van der Waals surface area contributed by atoms with Gasteiger partial charge in [-0.3, -0.25) is 14.6 Å². The van der Waals surface area contributed by atoms with Crippen molar-refractivity contribution in [2.45, 2.75) is 5.03 Å². The van der Waals surface area contributed by atoms with Crippen LogP contribution in [0.2, 0.25) is 0 Å². The molecule has 18 heavy (non-hydrogen) atoms. The number of thioether (sulfide) groups is 1. The Hall–Kier alpha value is -1.67. The molecule has 0 spiro atoms. The summed E-state index contributed by atoms with van der Waals surface area (Å²) in [7, 11) is 0. The molecule has 1 aromatic carbocycles. The molecule has 2 N–H and O–H groups in total. The average molecular weight is 328 g/mol. The largest absolute Gasteiger partial charge is 0.342 e. The van der Waals surface area contributed by atoms with Gasteiger partial charge in [0.1, 0.15) is 0 Å². The molecule has 1 heterocycles. The molecule has 0 fully saturated rings. The maximum absolute atomic E-state index is 11.9. The monoisotopic (exact) mass is 327 g/mol. The zero-order valence-corrected chi connectivity index (χ0v) is 11.2. The number of halogens is 1. The lowest BCUT2D eigenvalue weighted by Crippen LogP contribution is -2.25. The number of carbonyl (C=O) groups is 1. The summed E-state index contributed by atoms with van der Waals surface area (Å²) >= 11 is 3.90. The number of rotatable bonds is 2. The molecule has 0 radical (unpaired) electrons. The molecular weight excluding hydrogens is 322 g/mol. The summed E-state index contributed by atoms with van der Waals surface area (Å²) in [4.78, 5) is 36.0. The van der Waals surface area contributed by atoms with Gasteiger partial charge in [-0.1, -0.05) is 28.1 Å². The van der Waals surface area contributed by atoms with Crippen molar-refractivity contribution in [1.82, 2.24) is 15.2 Å². The zero-order valence-electron chi connectivity index (χ0n) is 8.77. The van der Waals surface area contributed by atoms with Crippen molar-refractivity contribution in [3.8, 4) is 0 Å². The Morgan fingerprint density at radius 2 is 2.11 bits per heavy atom. The van der Waals surface area contributed by atoms with Gasteiger partial charge in [-0.25, -0.2) is 9.89 Å². The topological polar surface area (TPSA) is 95.7 Å². The molecule has 2 rings (SSSR count). The number of nitrogens with one attached hydrogen (secondary N) is 2. The maximum atomic E-state index is 11.9. The average Bonchev–Trinajstić information content (AvgIpc) is 2.32. The molecule has 0 saturated carbocycles. The lowest BCUT2D eigenvalue weighted by molar-refractivity contribution is 0.108. The zero-order chi connectivity index (χ0) is 13.1. The summed E-state index contributed by atoms with van der Waals surface area (Å²) in [6.07, 6.45) is 0.